The second-order valence-corrected chi connectivity index (χ2v) is 9.43. The average Bonchev–Trinajstić information content (AvgIpc) is 2.86. The van der Waals surface area contributed by atoms with E-state index in [0.717, 1.165) is 32.0 Å². The number of aliphatic imine (C=N–C) groups is 1. The molecule has 0 aliphatic carbocycles. The molecule has 146 valence electrons. The van der Waals surface area contributed by atoms with Crippen LogP contribution in [0.4, 0.5) is 0 Å². The fraction of sp³-hybridized carbons (Fsp3) is 0.875. The number of sulfone groups is 1. The first-order chi connectivity index (χ1) is 11.3. The molecule has 0 aromatic heterocycles. The molecule has 1 N–H and O–H groups in total. The highest BCUT2D eigenvalue weighted by atomic mass is 127. The normalized spacial score (nSPS) is 23.5. The third-order valence-corrected chi connectivity index (χ3v) is 6.34. The van der Waals surface area contributed by atoms with Gasteiger partial charge in [0, 0.05) is 46.2 Å². The summed E-state index contributed by atoms with van der Waals surface area (Å²) in [5.74, 6) is 2.16. The zero-order valence-electron chi connectivity index (χ0n) is 15.4. The van der Waals surface area contributed by atoms with Gasteiger partial charge in [0.15, 0.2) is 15.8 Å². The zero-order valence-corrected chi connectivity index (χ0v) is 18.5. The smallest absolute Gasteiger partial charge is 0.219 e. The van der Waals surface area contributed by atoms with Crippen LogP contribution in [0.15, 0.2) is 4.99 Å². The Balaban J connectivity index is 0.00000312. The third-order valence-electron chi connectivity index (χ3n) is 4.51. The maximum Gasteiger partial charge on any atom is 0.219 e. The number of amides is 1. The lowest BCUT2D eigenvalue weighted by atomic mass is 10.1. The number of carbonyl (C=O) groups is 1. The predicted molar refractivity (Wildman–Crippen MR) is 111 cm³/mol. The number of nitrogens with one attached hydrogen (secondary N) is 1. The van der Waals surface area contributed by atoms with Crippen LogP contribution in [0, 0.1) is 11.8 Å². The minimum absolute atomic E-state index is 0. The summed E-state index contributed by atoms with van der Waals surface area (Å²) in [5.41, 5.74) is 0. The summed E-state index contributed by atoms with van der Waals surface area (Å²) in [5, 5.41) is 3.38. The van der Waals surface area contributed by atoms with Crippen molar-refractivity contribution in [3.8, 4) is 0 Å². The van der Waals surface area contributed by atoms with Crippen LogP contribution in [0.1, 0.15) is 27.2 Å². The van der Waals surface area contributed by atoms with Gasteiger partial charge in [0.2, 0.25) is 5.91 Å². The van der Waals surface area contributed by atoms with Crippen LogP contribution >= 0.6 is 24.0 Å². The summed E-state index contributed by atoms with van der Waals surface area (Å²) in [6.45, 7) is 10.1. The van der Waals surface area contributed by atoms with Gasteiger partial charge in [0.05, 0.1) is 11.5 Å². The van der Waals surface area contributed by atoms with E-state index >= 15 is 0 Å². The fourth-order valence-corrected chi connectivity index (χ4v) is 4.90. The molecular weight excluding hydrogens is 455 g/mol. The van der Waals surface area contributed by atoms with Crippen LogP contribution in [0.3, 0.4) is 0 Å². The van der Waals surface area contributed by atoms with Gasteiger partial charge in [-0.05, 0) is 18.3 Å². The molecule has 0 aromatic rings. The molecule has 2 aliphatic rings. The molecule has 0 saturated carbocycles. The van der Waals surface area contributed by atoms with Gasteiger partial charge in [-0.25, -0.2) is 8.42 Å². The van der Waals surface area contributed by atoms with Crippen LogP contribution in [-0.4, -0.2) is 80.9 Å². The number of guanidine groups is 1. The van der Waals surface area contributed by atoms with Crippen molar-refractivity contribution < 1.29 is 13.2 Å². The van der Waals surface area contributed by atoms with Gasteiger partial charge in [-0.15, -0.1) is 24.0 Å². The number of halogens is 1. The van der Waals surface area contributed by atoms with Gasteiger partial charge in [-0.2, -0.15) is 0 Å². The molecule has 0 spiro atoms. The number of nitrogens with zero attached hydrogens (tertiary/aromatic N) is 3. The zero-order chi connectivity index (χ0) is 17.7. The van der Waals surface area contributed by atoms with Crippen LogP contribution in [0.5, 0.6) is 0 Å². The number of piperazine rings is 1. The van der Waals surface area contributed by atoms with Crippen molar-refractivity contribution in [2.75, 3.05) is 50.8 Å². The molecule has 0 radical (unpaired) electrons. The van der Waals surface area contributed by atoms with Gasteiger partial charge in [0.1, 0.15) is 0 Å². The van der Waals surface area contributed by atoms with Gasteiger partial charge >= 0.3 is 0 Å². The highest BCUT2D eigenvalue weighted by molar-refractivity contribution is 14.0. The van der Waals surface area contributed by atoms with Gasteiger partial charge < -0.3 is 15.1 Å². The molecule has 1 amide bonds. The molecule has 2 heterocycles. The third kappa shape index (κ3) is 7.28. The number of rotatable bonds is 4. The Morgan fingerprint density at radius 1 is 1.20 bits per heavy atom. The molecule has 9 heteroatoms. The van der Waals surface area contributed by atoms with E-state index in [4.69, 9.17) is 4.99 Å². The highest BCUT2D eigenvalue weighted by Gasteiger charge is 2.28. The van der Waals surface area contributed by atoms with Crippen LogP contribution in [0.2, 0.25) is 0 Å². The van der Waals surface area contributed by atoms with E-state index in [1.165, 1.54) is 0 Å². The predicted octanol–water partition coefficient (Wildman–Crippen LogP) is 0.805. The minimum Gasteiger partial charge on any atom is -0.356 e. The number of hydrogen-bond donors (Lipinski definition) is 1. The lowest BCUT2D eigenvalue weighted by molar-refractivity contribution is -0.130. The summed E-state index contributed by atoms with van der Waals surface area (Å²) in [6.07, 6.45) is 0.727. The second-order valence-electron chi connectivity index (χ2n) is 7.20. The SMILES string of the molecule is CC(=O)N1CCN(C(=NCC(C)C)NCC2CCS(=O)(=O)C2)CC1.I. The second kappa shape index (κ2) is 9.94. The first-order valence-electron chi connectivity index (χ1n) is 8.76. The van der Waals surface area contributed by atoms with Crippen LogP contribution in [-0.2, 0) is 14.6 Å². The van der Waals surface area contributed by atoms with Crippen LogP contribution < -0.4 is 5.32 Å². The van der Waals surface area contributed by atoms with Crippen molar-refractivity contribution >= 4 is 45.7 Å². The molecule has 0 aromatic carbocycles. The fourth-order valence-electron chi connectivity index (χ4n) is 3.04. The van der Waals surface area contributed by atoms with E-state index in [9.17, 15) is 13.2 Å². The summed E-state index contributed by atoms with van der Waals surface area (Å²) in [4.78, 5) is 20.2. The Morgan fingerprint density at radius 2 is 1.80 bits per heavy atom. The maximum absolute atomic E-state index is 11.6. The number of hydrogen-bond acceptors (Lipinski definition) is 4. The number of carbonyl (C=O) groups excluding carboxylic acids is 1. The Kier molecular flexibility index (Phi) is 8.93. The Morgan fingerprint density at radius 3 is 2.28 bits per heavy atom. The molecule has 2 rings (SSSR count). The molecule has 2 fully saturated rings. The van der Waals surface area contributed by atoms with Crippen molar-refractivity contribution in [3.63, 3.8) is 0 Å². The van der Waals surface area contributed by atoms with Gasteiger partial charge in [-0.1, -0.05) is 13.8 Å². The van der Waals surface area contributed by atoms with E-state index in [1.807, 2.05) is 4.90 Å². The molecule has 7 nitrogen and oxygen atoms in total. The maximum atomic E-state index is 11.6. The van der Waals surface area contributed by atoms with Crippen molar-refractivity contribution in [1.29, 1.82) is 0 Å². The lowest BCUT2D eigenvalue weighted by Crippen LogP contribution is -2.54. The Labute approximate surface area is 168 Å². The molecular formula is C16H31IN4O3S. The quantitative estimate of drug-likeness (QED) is 0.361. The Bertz CT molecular complexity index is 572. The monoisotopic (exact) mass is 486 g/mol. The molecule has 2 saturated heterocycles. The van der Waals surface area contributed by atoms with E-state index in [0.29, 0.717) is 31.3 Å². The van der Waals surface area contributed by atoms with E-state index in [1.54, 1.807) is 6.92 Å². The molecule has 2 aliphatic heterocycles. The summed E-state index contributed by atoms with van der Waals surface area (Å²) >= 11 is 0. The lowest BCUT2D eigenvalue weighted by Gasteiger charge is -2.36. The summed E-state index contributed by atoms with van der Waals surface area (Å²) in [6, 6.07) is 0. The largest absolute Gasteiger partial charge is 0.356 e. The summed E-state index contributed by atoms with van der Waals surface area (Å²) < 4.78 is 23.2. The first-order valence-corrected chi connectivity index (χ1v) is 10.6. The molecule has 0 bridgehead atoms. The molecule has 1 unspecified atom stereocenters. The standard InChI is InChI=1S/C16H30N4O3S.HI/c1-13(2)10-17-16(18-11-15-4-9-24(22,23)12-15)20-7-5-19(6-8-20)14(3)21;/h13,15H,4-12H2,1-3H3,(H,17,18);1H. The van der Waals surface area contributed by atoms with E-state index < -0.39 is 9.84 Å². The van der Waals surface area contributed by atoms with Crippen molar-refractivity contribution in [2.45, 2.75) is 27.2 Å². The first kappa shape index (κ1) is 22.5. The molecule has 1 atom stereocenters. The topological polar surface area (TPSA) is 82.1 Å². The summed E-state index contributed by atoms with van der Waals surface area (Å²) in [7, 11) is -2.85. The van der Waals surface area contributed by atoms with Crippen molar-refractivity contribution in [2.24, 2.45) is 16.8 Å². The van der Waals surface area contributed by atoms with Gasteiger partial charge in [0.25, 0.3) is 0 Å². The minimum atomic E-state index is -2.85. The molecule has 25 heavy (non-hydrogen) atoms. The van der Waals surface area contributed by atoms with E-state index in [2.05, 4.69) is 24.1 Å². The Hall–Kier alpha value is -0.580. The average molecular weight is 486 g/mol. The van der Waals surface area contributed by atoms with Crippen molar-refractivity contribution in [3.05, 3.63) is 0 Å². The van der Waals surface area contributed by atoms with Crippen LogP contribution in [0.25, 0.3) is 0 Å². The van der Waals surface area contributed by atoms with Crippen molar-refractivity contribution in [1.82, 2.24) is 15.1 Å². The van der Waals surface area contributed by atoms with Gasteiger partial charge in [-0.3, -0.25) is 9.79 Å². The van der Waals surface area contributed by atoms with E-state index in [-0.39, 0.29) is 41.6 Å². The highest BCUT2D eigenvalue weighted by Crippen LogP contribution is 2.17.